The first-order valence-corrected chi connectivity index (χ1v) is 8.55. The van der Waals surface area contributed by atoms with E-state index in [1.807, 2.05) is 6.92 Å². The van der Waals surface area contributed by atoms with Crippen LogP contribution in [0.3, 0.4) is 0 Å². The lowest BCUT2D eigenvalue weighted by Crippen LogP contribution is -2.20. The Morgan fingerprint density at radius 1 is 1.04 bits per heavy atom. The van der Waals surface area contributed by atoms with Crippen molar-refractivity contribution in [3.8, 4) is 22.9 Å². The van der Waals surface area contributed by atoms with E-state index >= 15 is 0 Å². The van der Waals surface area contributed by atoms with Crippen LogP contribution in [0.5, 0.6) is 17.2 Å². The zero-order valence-electron chi connectivity index (χ0n) is 15.8. The van der Waals surface area contributed by atoms with Gasteiger partial charge in [0.05, 0.1) is 27.0 Å². The second-order valence-corrected chi connectivity index (χ2v) is 5.90. The topological polar surface area (TPSA) is 106 Å². The van der Waals surface area contributed by atoms with Crippen LogP contribution in [0.4, 0.5) is 0 Å². The van der Waals surface area contributed by atoms with Gasteiger partial charge in [-0.1, -0.05) is 6.92 Å². The van der Waals surface area contributed by atoms with Gasteiger partial charge in [0, 0.05) is 24.8 Å². The molecule has 0 spiro atoms. The van der Waals surface area contributed by atoms with Crippen LogP contribution < -0.4 is 19.8 Å². The minimum absolute atomic E-state index is 0.177. The standard InChI is InChI=1S/C18H18N6O4/c1-5-14-19-18-21-20-15-11(24(18)22-14)6-7-23(17(15)25)10-8-12(26-2)16(28-4)13(9-10)27-3/h6-9H,5H2,1-4H3. The Morgan fingerprint density at radius 2 is 1.75 bits per heavy atom. The number of hydrogen-bond donors (Lipinski definition) is 0. The Bertz CT molecular complexity index is 1220. The molecule has 28 heavy (non-hydrogen) atoms. The molecule has 0 aliphatic carbocycles. The van der Waals surface area contributed by atoms with E-state index in [4.69, 9.17) is 14.2 Å². The van der Waals surface area contributed by atoms with Crippen LogP contribution >= 0.6 is 0 Å². The van der Waals surface area contributed by atoms with Crippen LogP contribution in [0.25, 0.3) is 22.5 Å². The molecule has 0 aliphatic rings. The van der Waals surface area contributed by atoms with Crippen molar-refractivity contribution >= 4 is 16.8 Å². The van der Waals surface area contributed by atoms with Gasteiger partial charge >= 0.3 is 0 Å². The van der Waals surface area contributed by atoms with Crippen LogP contribution in [0, 0.1) is 0 Å². The number of hydrogen-bond acceptors (Lipinski definition) is 8. The molecule has 3 aromatic heterocycles. The summed E-state index contributed by atoms with van der Waals surface area (Å²) in [5, 5.41) is 12.5. The predicted molar refractivity (Wildman–Crippen MR) is 101 cm³/mol. The molecule has 0 radical (unpaired) electrons. The minimum Gasteiger partial charge on any atom is -0.493 e. The summed E-state index contributed by atoms with van der Waals surface area (Å²) in [6.45, 7) is 1.95. The van der Waals surface area contributed by atoms with E-state index in [-0.39, 0.29) is 11.1 Å². The lowest BCUT2D eigenvalue weighted by molar-refractivity contribution is 0.324. The third kappa shape index (κ3) is 2.61. The summed E-state index contributed by atoms with van der Waals surface area (Å²) in [5.41, 5.74) is 0.896. The molecule has 0 bridgehead atoms. The number of aryl methyl sites for hydroxylation is 1. The third-order valence-corrected chi connectivity index (χ3v) is 4.39. The molecule has 144 valence electrons. The monoisotopic (exact) mass is 382 g/mol. The number of aromatic nitrogens is 6. The Hall–Kier alpha value is -3.69. The first-order chi connectivity index (χ1) is 13.6. The molecular formula is C18H18N6O4. The fourth-order valence-electron chi connectivity index (χ4n) is 3.01. The lowest BCUT2D eigenvalue weighted by atomic mass is 10.2. The normalized spacial score (nSPS) is 11.1. The molecule has 0 unspecified atom stereocenters. The van der Waals surface area contributed by atoms with E-state index in [0.29, 0.717) is 46.5 Å². The Labute approximate surface area is 159 Å². The van der Waals surface area contributed by atoms with Crippen LogP contribution in [-0.4, -0.2) is 50.7 Å². The molecule has 0 N–H and O–H groups in total. The maximum absolute atomic E-state index is 13.1. The molecule has 0 atom stereocenters. The molecule has 1 aromatic carbocycles. The van der Waals surface area contributed by atoms with E-state index in [1.54, 1.807) is 24.4 Å². The van der Waals surface area contributed by atoms with E-state index in [9.17, 15) is 4.79 Å². The van der Waals surface area contributed by atoms with Gasteiger partial charge in [0.25, 0.3) is 11.3 Å². The van der Waals surface area contributed by atoms with Gasteiger partial charge in [-0.3, -0.25) is 9.36 Å². The molecule has 0 aliphatic heterocycles. The molecule has 10 nitrogen and oxygen atoms in total. The highest BCUT2D eigenvalue weighted by atomic mass is 16.5. The molecule has 0 saturated heterocycles. The number of nitrogens with zero attached hydrogens (tertiary/aromatic N) is 6. The molecule has 10 heteroatoms. The minimum atomic E-state index is -0.352. The summed E-state index contributed by atoms with van der Waals surface area (Å²) >= 11 is 0. The Balaban J connectivity index is 1.96. The number of methoxy groups -OCH3 is 3. The van der Waals surface area contributed by atoms with Gasteiger partial charge < -0.3 is 14.2 Å². The van der Waals surface area contributed by atoms with Crippen molar-refractivity contribution in [3.63, 3.8) is 0 Å². The lowest BCUT2D eigenvalue weighted by Gasteiger charge is -2.15. The Morgan fingerprint density at radius 3 is 2.36 bits per heavy atom. The molecule has 0 amide bonds. The second kappa shape index (κ2) is 6.80. The molecule has 4 aromatic rings. The average molecular weight is 382 g/mol. The highest BCUT2D eigenvalue weighted by molar-refractivity contribution is 5.75. The number of pyridine rings is 1. The average Bonchev–Trinajstić information content (AvgIpc) is 3.16. The van der Waals surface area contributed by atoms with Gasteiger partial charge in [-0.25, -0.2) is 0 Å². The molecule has 0 saturated carbocycles. The first-order valence-electron chi connectivity index (χ1n) is 8.55. The zero-order valence-corrected chi connectivity index (χ0v) is 15.8. The van der Waals surface area contributed by atoms with Gasteiger partial charge in [0.15, 0.2) is 22.8 Å². The van der Waals surface area contributed by atoms with Gasteiger partial charge in [-0.05, 0) is 6.07 Å². The van der Waals surface area contributed by atoms with E-state index in [1.165, 1.54) is 30.4 Å². The van der Waals surface area contributed by atoms with Crippen molar-refractivity contribution in [2.45, 2.75) is 13.3 Å². The van der Waals surface area contributed by atoms with Gasteiger partial charge in [-0.2, -0.15) is 9.50 Å². The van der Waals surface area contributed by atoms with E-state index < -0.39 is 0 Å². The SMILES string of the molecule is CCc1nc2nnc3c(=O)n(-c4cc(OC)c(OC)c(OC)c4)ccc3n2n1. The number of benzene rings is 1. The van der Waals surface area contributed by atoms with Gasteiger partial charge in [0.1, 0.15) is 5.52 Å². The molecular weight excluding hydrogens is 364 g/mol. The van der Waals surface area contributed by atoms with Crippen molar-refractivity contribution in [1.82, 2.24) is 29.4 Å². The summed E-state index contributed by atoms with van der Waals surface area (Å²) in [6.07, 6.45) is 2.30. The Kier molecular flexibility index (Phi) is 4.30. The number of fused-ring (bicyclic) bond motifs is 3. The van der Waals surface area contributed by atoms with Crippen molar-refractivity contribution in [3.05, 3.63) is 40.6 Å². The van der Waals surface area contributed by atoms with E-state index in [2.05, 4.69) is 20.3 Å². The maximum atomic E-state index is 13.1. The highest BCUT2D eigenvalue weighted by Gasteiger charge is 2.17. The van der Waals surface area contributed by atoms with Crippen LogP contribution in [0.15, 0.2) is 29.2 Å². The summed E-state index contributed by atoms with van der Waals surface area (Å²) in [7, 11) is 4.55. The van der Waals surface area contributed by atoms with Crippen LogP contribution in [0.1, 0.15) is 12.7 Å². The molecule has 4 rings (SSSR count). The summed E-state index contributed by atoms with van der Waals surface area (Å²) in [6, 6.07) is 5.12. The van der Waals surface area contributed by atoms with Gasteiger partial charge in [0.2, 0.25) is 5.75 Å². The largest absolute Gasteiger partial charge is 0.493 e. The number of rotatable bonds is 5. The van der Waals surface area contributed by atoms with Crippen molar-refractivity contribution in [2.24, 2.45) is 0 Å². The molecule has 0 fully saturated rings. The smallest absolute Gasteiger partial charge is 0.285 e. The quantitative estimate of drug-likeness (QED) is 0.510. The third-order valence-electron chi connectivity index (χ3n) is 4.39. The highest BCUT2D eigenvalue weighted by Crippen LogP contribution is 2.39. The van der Waals surface area contributed by atoms with Crippen molar-refractivity contribution in [1.29, 1.82) is 0 Å². The van der Waals surface area contributed by atoms with Crippen molar-refractivity contribution < 1.29 is 14.2 Å². The second-order valence-electron chi connectivity index (χ2n) is 5.90. The summed E-state index contributed by atoms with van der Waals surface area (Å²) in [4.78, 5) is 17.4. The summed E-state index contributed by atoms with van der Waals surface area (Å²) in [5.74, 6) is 2.31. The summed E-state index contributed by atoms with van der Waals surface area (Å²) < 4.78 is 19.0. The number of ether oxygens (including phenoxy) is 3. The van der Waals surface area contributed by atoms with Crippen LogP contribution in [0.2, 0.25) is 0 Å². The van der Waals surface area contributed by atoms with E-state index in [0.717, 1.165) is 0 Å². The molecule has 3 heterocycles. The zero-order chi connectivity index (χ0) is 19.8. The van der Waals surface area contributed by atoms with Gasteiger partial charge in [-0.15, -0.1) is 15.3 Å². The fourth-order valence-corrected chi connectivity index (χ4v) is 3.01. The first kappa shape index (κ1) is 17.7. The van der Waals surface area contributed by atoms with Crippen molar-refractivity contribution in [2.75, 3.05) is 21.3 Å². The fraction of sp³-hybridized carbons (Fsp3) is 0.278. The van der Waals surface area contributed by atoms with Crippen LogP contribution in [-0.2, 0) is 6.42 Å². The predicted octanol–water partition coefficient (Wildman–Crippen LogP) is 1.41. The maximum Gasteiger partial charge on any atom is 0.285 e.